The van der Waals surface area contributed by atoms with E-state index in [4.69, 9.17) is 5.73 Å². The van der Waals surface area contributed by atoms with Gasteiger partial charge < -0.3 is 5.73 Å². The molecule has 2 N–H and O–H groups in total. The highest BCUT2D eigenvalue weighted by atomic mass is 19.4. The molecule has 0 radical (unpaired) electrons. The van der Waals surface area contributed by atoms with Crippen molar-refractivity contribution in [3.8, 4) is 11.3 Å². The minimum atomic E-state index is -4.62. The molecule has 6 heteroatoms. The van der Waals surface area contributed by atoms with Crippen LogP contribution in [0.4, 0.5) is 23.2 Å². The summed E-state index contributed by atoms with van der Waals surface area (Å²) in [4.78, 5) is 4.25. The molecule has 0 amide bonds. The van der Waals surface area contributed by atoms with Crippen LogP contribution in [0, 0.1) is 5.82 Å². The molecule has 22 heavy (non-hydrogen) atoms. The molecule has 0 fully saturated rings. The molecular weight excluding hydrogens is 296 g/mol. The molecule has 0 aliphatic carbocycles. The van der Waals surface area contributed by atoms with Crippen LogP contribution in [0.3, 0.4) is 0 Å². The molecule has 1 heterocycles. The van der Waals surface area contributed by atoms with Gasteiger partial charge in [-0.2, -0.15) is 13.2 Å². The summed E-state index contributed by atoms with van der Waals surface area (Å²) in [5, 5.41) is 0.760. The maximum absolute atomic E-state index is 13.5. The Morgan fingerprint density at radius 3 is 2.45 bits per heavy atom. The van der Waals surface area contributed by atoms with Gasteiger partial charge in [0.25, 0.3) is 0 Å². The van der Waals surface area contributed by atoms with E-state index in [9.17, 15) is 17.6 Å². The van der Waals surface area contributed by atoms with Gasteiger partial charge in [-0.3, -0.25) is 0 Å². The Kier molecular flexibility index (Phi) is 3.24. The zero-order valence-electron chi connectivity index (χ0n) is 11.2. The van der Waals surface area contributed by atoms with Crippen LogP contribution in [0.25, 0.3) is 22.2 Å². The number of aromatic nitrogens is 1. The standard InChI is InChI=1S/C16H10F4N2/c17-12-7-10(6-11(8-12)16(18,19)20)14-5-4-9-2-1-3-13(21)15(9)22-14/h1-8H,21H2. The third-order valence-electron chi connectivity index (χ3n) is 3.27. The number of alkyl halides is 3. The number of anilines is 1. The third kappa shape index (κ3) is 2.59. The van der Waals surface area contributed by atoms with Crippen LogP contribution < -0.4 is 5.73 Å². The number of benzene rings is 2. The van der Waals surface area contributed by atoms with Gasteiger partial charge in [-0.1, -0.05) is 18.2 Å². The van der Waals surface area contributed by atoms with Gasteiger partial charge in [0.1, 0.15) is 5.82 Å². The summed E-state index contributed by atoms with van der Waals surface area (Å²) in [6.07, 6.45) is -4.62. The second-order valence-electron chi connectivity index (χ2n) is 4.84. The zero-order chi connectivity index (χ0) is 15.9. The first-order chi connectivity index (χ1) is 10.3. The van der Waals surface area contributed by atoms with Crippen molar-refractivity contribution in [2.75, 3.05) is 5.73 Å². The quantitative estimate of drug-likeness (QED) is 0.525. The highest BCUT2D eigenvalue weighted by Crippen LogP contribution is 2.33. The Hall–Kier alpha value is -2.63. The van der Waals surface area contributed by atoms with Gasteiger partial charge in [-0.05, 0) is 30.3 Å². The van der Waals surface area contributed by atoms with Crippen molar-refractivity contribution in [2.45, 2.75) is 6.18 Å². The number of hydrogen-bond donors (Lipinski definition) is 1. The van der Waals surface area contributed by atoms with Gasteiger partial charge in [0.15, 0.2) is 0 Å². The normalized spacial score (nSPS) is 11.8. The van der Waals surface area contributed by atoms with Crippen molar-refractivity contribution in [1.82, 2.24) is 4.98 Å². The van der Waals surface area contributed by atoms with E-state index in [1.807, 2.05) is 0 Å². The lowest BCUT2D eigenvalue weighted by Gasteiger charge is -2.10. The van der Waals surface area contributed by atoms with Crippen LogP contribution in [0.15, 0.2) is 48.5 Å². The number of hydrogen-bond acceptors (Lipinski definition) is 2. The lowest BCUT2D eigenvalue weighted by molar-refractivity contribution is -0.137. The van der Waals surface area contributed by atoms with Crippen LogP contribution in [0.2, 0.25) is 0 Å². The van der Waals surface area contributed by atoms with Crippen LogP contribution in [-0.2, 0) is 6.18 Å². The number of para-hydroxylation sites is 1. The van der Waals surface area contributed by atoms with Gasteiger partial charge in [0.05, 0.1) is 22.5 Å². The van der Waals surface area contributed by atoms with E-state index in [0.29, 0.717) is 17.3 Å². The van der Waals surface area contributed by atoms with Crippen molar-refractivity contribution < 1.29 is 17.6 Å². The van der Waals surface area contributed by atoms with Crippen LogP contribution in [0.5, 0.6) is 0 Å². The van der Waals surface area contributed by atoms with Gasteiger partial charge in [-0.25, -0.2) is 9.37 Å². The molecule has 3 aromatic rings. The van der Waals surface area contributed by atoms with E-state index >= 15 is 0 Å². The van der Waals surface area contributed by atoms with Crippen molar-refractivity contribution >= 4 is 16.6 Å². The van der Waals surface area contributed by atoms with Gasteiger partial charge in [0, 0.05) is 10.9 Å². The SMILES string of the molecule is Nc1cccc2ccc(-c3cc(F)cc(C(F)(F)F)c3)nc12. The molecular formula is C16H10F4N2. The Balaban J connectivity index is 2.19. The number of fused-ring (bicyclic) bond motifs is 1. The molecule has 0 aliphatic rings. The summed E-state index contributed by atoms with van der Waals surface area (Å²) in [6.45, 7) is 0. The molecule has 3 rings (SSSR count). The number of rotatable bonds is 1. The fourth-order valence-electron chi connectivity index (χ4n) is 2.23. The second kappa shape index (κ2) is 4.98. The number of halogens is 4. The summed E-state index contributed by atoms with van der Waals surface area (Å²) in [5.74, 6) is -0.965. The Morgan fingerprint density at radius 1 is 0.955 bits per heavy atom. The number of pyridine rings is 1. The van der Waals surface area contributed by atoms with E-state index in [1.54, 1.807) is 24.3 Å². The van der Waals surface area contributed by atoms with E-state index in [-0.39, 0.29) is 11.3 Å². The van der Waals surface area contributed by atoms with Gasteiger partial charge in [-0.15, -0.1) is 0 Å². The summed E-state index contributed by atoms with van der Waals surface area (Å²) in [5.41, 5.74) is 5.93. The van der Waals surface area contributed by atoms with Gasteiger partial charge in [0.2, 0.25) is 0 Å². The lowest BCUT2D eigenvalue weighted by atomic mass is 10.1. The topological polar surface area (TPSA) is 38.9 Å². The third-order valence-corrected chi connectivity index (χ3v) is 3.27. The summed E-state index contributed by atoms with van der Waals surface area (Å²) in [7, 11) is 0. The summed E-state index contributed by atoms with van der Waals surface area (Å²) in [6, 6.07) is 10.8. The van der Waals surface area contributed by atoms with E-state index in [1.165, 1.54) is 6.07 Å². The predicted octanol–water partition coefficient (Wildman–Crippen LogP) is 4.64. The van der Waals surface area contributed by atoms with Crippen LogP contribution >= 0.6 is 0 Å². The first-order valence-corrected chi connectivity index (χ1v) is 6.38. The predicted molar refractivity (Wildman–Crippen MR) is 76.6 cm³/mol. The maximum atomic E-state index is 13.5. The molecule has 0 bridgehead atoms. The maximum Gasteiger partial charge on any atom is 0.416 e. The van der Waals surface area contributed by atoms with E-state index in [0.717, 1.165) is 17.5 Å². The van der Waals surface area contributed by atoms with Crippen molar-refractivity contribution in [3.63, 3.8) is 0 Å². The Labute approximate surface area is 123 Å². The molecule has 2 aromatic carbocycles. The summed E-state index contributed by atoms with van der Waals surface area (Å²) >= 11 is 0. The van der Waals surface area contributed by atoms with E-state index < -0.39 is 17.6 Å². The number of nitrogens with zero attached hydrogens (tertiary/aromatic N) is 1. The highest BCUT2D eigenvalue weighted by molar-refractivity contribution is 5.90. The molecule has 0 saturated carbocycles. The first kappa shape index (κ1) is 14.3. The smallest absolute Gasteiger partial charge is 0.397 e. The fourth-order valence-corrected chi connectivity index (χ4v) is 2.23. The molecule has 0 aliphatic heterocycles. The lowest BCUT2D eigenvalue weighted by Crippen LogP contribution is -2.05. The fraction of sp³-hybridized carbons (Fsp3) is 0.0625. The average molecular weight is 306 g/mol. The molecule has 1 aromatic heterocycles. The number of nitrogen functional groups attached to an aromatic ring is 1. The monoisotopic (exact) mass is 306 g/mol. The van der Waals surface area contributed by atoms with Crippen molar-refractivity contribution in [3.05, 3.63) is 59.9 Å². The molecule has 0 atom stereocenters. The largest absolute Gasteiger partial charge is 0.416 e. The average Bonchev–Trinajstić information content (AvgIpc) is 2.46. The first-order valence-electron chi connectivity index (χ1n) is 6.38. The van der Waals surface area contributed by atoms with Crippen molar-refractivity contribution in [1.29, 1.82) is 0 Å². The van der Waals surface area contributed by atoms with Crippen LogP contribution in [-0.4, -0.2) is 4.98 Å². The Morgan fingerprint density at radius 2 is 1.73 bits per heavy atom. The zero-order valence-corrected chi connectivity index (χ0v) is 11.2. The van der Waals surface area contributed by atoms with Crippen molar-refractivity contribution in [2.24, 2.45) is 0 Å². The van der Waals surface area contributed by atoms with E-state index in [2.05, 4.69) is 4.98 Å². The minimum Gasteiger partial charge on any atom is -0.397 e. The highest BCUT2D eigenvalue weighted by Gasteiger charge is 2.31. The molecule has 2 nitrogen and oxygen atoms in total. The Bertz CT molecular complexity index is 856. The number of nitrogens with two attached hydrogens (primary N) is 1. The summed E-state index contributed by atoms with van der Waals surface area (Å²) < 4.78 is 51.8. The minimum absolute atomic E-state index is 0.0532. The molecule has 0 unspecified atom stereocenters. The van der Waals surface area contributed by atoms with Gasteiger partial charge >= 0.3 is 6.18 Å². The second-order valence-corrected chi connectivity index (χ2v) is 4.84. The molecule has 112 valence electrons. The molecule has 0 saturated heterocycles. The molecule has 0 spiro atoms. The van der Waals surface area contributed by atoms with Crippen LogP contribution in [0.1, 0.15) is 5.56 Å².